The number of carbonyl (C=O) groups excluding carboxylic acids is 1. The number of benzene rings is 2. The summed E-state index contributed by atoms with van der Waals surface area (Å²) in [6.07, 6.45) is 0.492. The van der Waals surface area contributed by atoms with Gasteiger partial charge >= 0.3 is 5.97 Å². The van der Waals surface area contributed by atoms with Crippen molar-refractivity contribution in [2.75, 3.05) is 6.61 Å². The van der Waals surface area contributed by atoms with E-state index in [4.69, 9.17) is 20.8 Å². The molecule has 2 heterocycles. The number of halogens is 1. The van der Waals surface area contributed by atoms with Gasteiger partial charge in [0.05, 0.1) is 6.61 Å². The van der Waals surface area contributed by atoms with Crippen LogP contribution in [0.1, 0.15) is 28.7 Å². The van der Waals surface area contributed by atoms with Gasteiger partial charge in [-0.1, -0.05) is 48.0 Å². The number of aromatic nitrogens is 1. The van der Waals surface area contributed by atoms with Crippen LogP contribution in [0, 0.1) is 0 Å². The van der Waals surface area contributed by atoms with Gasteiger partial charge in [-0.3, -0.25) is 0 Å². The fourth-order valence-electron chi connectivity index (χ4n) is 3.15. The van der Waals surface area contributed by atoms with Crippen LogP contribution in [0.2, 0.25) is 5.02 Å². The largest absolute Gasteiger partial charge is 0.461 e. The van der Waals surface area contributed by atoms with Crippen molar-refractivity contribution in [3.63, 3.8) is 0 Å². The van der Waals surface area contributed by atoms with Crippen LogP contribution in [0.15, 0.2) is 71.1 Å². The molecule has 0 N–H and O–H groups in total. The van der Waals surface area contributed by atoms with Crippen LogP contribution in [0.3, 0.4) is 0 Å². The Morgan fingerprint density at radius 1 is 1.07 bits per heavy atom. The zero-order valence-electron chi connectivity index (χ0n) is 15.3. The van der Waals surface area contributed by atoms with Gasteiger partial charge in [-0.2, -0.15) is 0 Å². The van der Waals surface area contributed by atoms with Crippen molar-refractivity contribution in [1.29, 1.82) is 0 Å². The number of esters is 1. The molecule has 0 radical (unpaired) electrons. The second-order valence-electron chi connectivity index (χ2n) is 6.37. The van der Waals surface area contributed by atoms with E-state index in [9.17, 15) is 4.79 Å². The number of fused-ring (bicyclic) bond motifs is 1. The summed E-state index contributed by atoms with van der Waals surface area (Å²) in [7, 11) is 0. The maximum Gasteiger partial charge on any atom is 0.356 e. The fraction of sp³-hybridized carbons (Fsp3) is 0.130. The van der Waals surface area contributed by atoms with E-state index in [0.717, 1.165) is 33.6 Å². The molecule has 0 atom stereocenters. The lowest BCUT2D eigenvalue weighted by atomic mass is 10.1. The number of furan rings is 1. The number of hydrogen-bond donors (Lipinski definition) is 0. The van der Waals surface area contributed by atoms with Gasteiger partial charge in [0.1, 0.15) is 17.0 Å². The Labute approximate surface area is 167 Å². The Kier molecular flexibility index (Phi) is 5.13. The third-order valence-corrected chi connectivity index (χ3v) is 4.60. The van der Waals surface area contributed by atoms with Crippen molar-refractivity contribution in [2.45, 2.75) is 13.3 Å². The van der Waals surface area contributed by atoms with Gasteiger partial charge in [-0.15, -0.1) is 0 Å². The Bertz CT molecular complexity index is 1140. The second-order valence-corrected chi connectivity index (χ2v) is 6.81. The number of rotatable bonds is 5. The molecule has 5 heteroatoms. The maximum atomic E-state index is 12.0. The molecule has 4 aromatic rings. The van der Waals surface area contributed by atoms with Gasteiger partial charge in [0.2, 0.25) is 0 Å². The van der Waals surface area contributed by atoms with E-state index in [1.807, 2.05) is 54.6 Å². The first kappa shape index (κ1) is 18.3. The molecule has 0 saturated heterocycles. The van der Waals surface area contributed by atoms with Crippen molar-refractivity contribution >= 4 is 28.5 Å². The van der Waals surface area contributed by atoms with E-state index in [1.54, 1.807) is 19.1 Å². The van der Waals surface area contributed by atoms with E-state index < -0.39 is 5.97 Å². The van der Waals surface area contributed by atoms with Crippen LogP contribution in [-0.4, -0.2) is 17.6 Å². The second kappa shape index (κ2) is 7.87. The van der Waals surface area contributed by atoms with Crippen LogP contribution in [0.25, 0.3) is 22.3 Å². The van der Waals surface area contributed by atoms with Crippen LogP contribution in [-0.2, 0) is 11.2 Å². The standard InChI is InChI=1S/C23H18ClNO3/c1-2-27-23(26)20-10-6-9-19(25-20)13-16-11-18(24)12-17-14-21(28-22(16)17)15-7-4-3-5-8-15/h3-12,14H,2,13H2,1H3. The first-order chi connectivity index (χ1) is 13.6. The molecule has 140 valence electrons. The molecule has 2 aromatic carbocycles. The Hall–Kier alpha value is -3.11. The summed E-state index contributed by atoms with van der Waals surface area (Å²) in [6, 6.07) is 21.0. The third-order valence-electron chi connectivity index (χ3n) is 4.38. The lowest BCUT2D eigenvalue weighted by Crippen LogP contribution is -2.08. The zero-order chi connectivity index (χ0) is 19.5. The summed E-state index contributed by atoms with van der Waals surface area (Å²) >= 11 is 6.33. The molecule has 28 heavy (non-hydrogen) atoms. The molecule has 0 saturated carbocycles. The summed E-state index contributed by atoms with van der Waals surface area (Å²) in [4.78, 5) is 16.4. The lowest BCUT2D eigenvalue weighted by molar-refractivity contribution is 0.0519. The van der Waals surface area contributed by atoms with Gasteiger partial charge in [0, 0.05) is 33.7 Å². The van der Waals surface area contributed by atoms with E-state index >= 15 is 0 Å². The summed E-state index contributed by atoms with van der Waals surface area (Å²) in [5.41, 5.74) is 3.72. The van der Waals surface area contributed by atoms with Gasteiger partial charge in [0.15, 0.2) is 0 Å². The molecule has 0 bridgehead atoms. The van der Waals surface area contributed by atoms with Crippen LogP contribution in [0.5, 0.6) is 0 Å². The molecule has 0 fully saturated rings. The smallest absolute Gasteiger partial charge is 0.356 e. The molecule has 4 nitrogen and oxygen atoms in total. The van der Waals surface area contributed by atoms with E-state index in [-0.39, 0.29) is 0 Å². The molecule has 0 aliphatic heterocycles. The van der Waals surface area contributed by atoms with Crippen LogP contribution in [0.4, 0.5) is 0 Å². The highest BCUT2D eigenvalue weighted by atomic mass is 35.5. The fourth-order valence-corrected chi connectivity index (χ4v) is 3.40. The number of hydrogen-bond acceptors (Lipinski definition) is 4. The molecule has 2 aromatic heterocycles. The minimum absolute atomic E-state index is 0.294. The number of nitrogens with zero attached hydrogens (tertiary/aromatic N) is 1. The minimum atomic E-state index is -0.426. The molecule has 0 spiro atoms. The average molecular weight is 392 g/mol. The van der Waals surface area contributed by atoms with E-state index in [2.05, 4.69) is 4.98 Å². The van der Waals surface area contributed by atoms with Gasteiger partial charge in [-0.05, 0) is 37.3 Å². The molecule has 4 rings (SSSR count). The predicted octanol–water partition coefficient (Wildman–Crippen LogP) is 5.92. The first-order valence-electron chi connectivity index (χ1n) is 9.04. The highest BCUT2D eigenvalue weighted by molar-refractivity contribution is 6.31. The quantitative estimate of drug-likeness (QED) is 0.396. The van der Waals surface area contributed by atoms with Gasteiger partial charge < -0.3 is 9.15 Å². The Morgan fingerprint density at radius 2 is 1.89 bits per heavy atom. The van der Waals surface area contributed by atoms with Crippen molar-refractivity contribution in [3.8, 4) is 11.3 Å². The highest BCUT2D eigenvalue weighted by Gasteiger charge is 2.14. The number of carbonyl (C=O) groups is 1. The normalized spacial score (nSPS) is 10.9. The molecular weight excluding hydrogens is 374 g/mol. The first-order valence-corrected chi connectivity index (χ1v) is 9.42. The van der Waals surface area contributed by atoms with Crippen LogP contribution >= 0.6 is 11.6 Å². The summed E-state index contributed by atoms with van der Waals surface area (Å²) in [5, 5.41) is 1.56. The lowest BCUT2D eigenvalue weighted by Gasteiger charge is -2.06. The number of ether oxygens (including phenoxy) is 1. The van der Waals surface area contributed by atoms with Gasteiger partial charge in [-0.25, -0.2) is 9.78 Å². The Balaban J connectivity index is 1.72. The maximum absolute atomic E-state index is 12.0. The van der Waals surface area contributed by atoms with Crippen LogP contribution < -0.4 is 0 Å². The zero-order valence-corrected chi connectivity index (χ0v) is 16.1. The highest BCUT2D eigenvalue weighted by Crippen LogP contribution is 2.33. The van der Waals surface area contributed by atoms with Crippen molar-refractivity contribution in [3.05, 3.63) is 88.7 Å². The Morgan fingerprint density at radius 3 is 2.68 bits per heavy atom. The topological polar surface area (TPSA) is 52.3 Å². The average Bonchev–Trinajstić information content (AvgIpc) is 3.13. The molecule has 0 unspecified atom stereocenters. The molecular formula is C23H18ClNO3. The van der Waals surface area contributed by atoms with E-state index in [1.165, 1.54) is 0 Å². The van der Waals surface area contributed by atoms with E-state index in [0.29, 0.717) is 23.7 Å². The summed E-state index contributed by atoms with van der Waals surface area (Å²) in [6.45, 7) is 2.08. The SMILES string of the molecule is CCOC(=O)c1cccc(Cc2cc(Cl)cc3cc(-c4ccccc4)oc23)n1. The molecule has 0 aliphatic rings. The summed E-state index contributed by atoms with van der Waals surface area (Å²) < 4.78 is 11.2. The van der Waals surface area contributed by atoms with Crippen molar-refractivity contribution in [1.82, 2.24) is 4.98 Å². The number of pyridine rings is 1. The molecule has 0 amide bonds. The summed E-state index contributed by atoms with van der Waals surface area (Å²) in [5.74, 6) is 0.359. The monoisotopic (exact) mass is 391 g/mol. The molecule has 0 aliphatic carbocycles. The predicted molar refractivity (Wildman–Crippen MR) is 110 cm³/mol. The minimum Gasteiger partial charge on any atom is -0.461 e. The van der Waals surface area contributed by atoms with Crippen molar-refractivity contribution < 1.29 is 13.9 Å². The third kappa shape index (κ3) is 3.78. The van der Waals surface area contributed by atoms with Gasteiger partial charge in [0.25, 0.3) is 0 Å². The van der Waals surface area contributed by atoms with Crippen molar-refractivity contribution in [2.24, 2.45) is 0 Å².